The second-order valence-corrected chi connectivity index (χ2v) is 10.3. The Morgan fingerprint density at radius 3 is 2.40 bits per heavy atom. The fourth-order valence-corrected chi connectivity index (χ4v) is 4.92. The van der Waals surface area contributed by atoms with E-state index in [2.05, 4.69) is 30.8 Å². The molecule has 0 radical (unpaired) electrons. The maximum atomic E-state index is 6.57. The lowest BCUT2D eigenvalue weighted by Gasteiger charge is -2.18. The first-order valence-corrected chi connectivity index (χ1v) is 14.0. The maximum Gasteiger partial charge on any atom is 0.234 e. The molecule has 2 aromatic carbocycles. The first-order valence-electron chi connectivity index (χ1n) is 14.0. The molecule has 11 heteroatoms. The van der Waals surface area contributed by atoms with Crippen LogP contribution in [0.2, 0.25) is 0 Å². The Morgan fingerprint density at radius 2 is 1.67 bits per heavy atom. The van der Waals surface area contributed by atoms with E-state index in [1.165, 1.54) is 19.2 Å². The van der Waals surface area contributed by atoms with Crippen molar-refractivity contribution in [1.82, 2.24) is 25.1 Å². The third-order valence-corrected chi connectivity index (χ3v) is 7.44. The zero-order chi connectivity index (χ0) is 29.9. The first-order chi connectivity index (χ1) is 21.0. The van der Waals surface area contributed by atoms with Crippen LogP contribution in [0.3, 0.4) is 0 Å². The van der Waals surface area contributed by atoms with Crippen molar-refractivity contribution < 1.29 is 18.9 Å². The Morgan fingerprint density at radius 1 is 0.837 bits per heavy atom. The smallest absolute Gasteiger partial charge is 0.234 e. The molecule has 3 aromatic heterocycles. The van der Waals surface area contributed by atoms with E-state index >= 15 is 0 Å². The van der Waals surface area contributed by atoms with Gasteiger partial charge in [0, 0.05) is 35.7 Å². The highest BCUT2D eigenvalue weighted by Crippen LogP contribution is 2.40. The van der Waals surface area contributed by atoms with Crippen molar-refractivity contribution >= 4 is 28.4 Å². The van der Waals surface area contributed by atoms with Crippen LogP contribution in [0.15, 0.2) is 54.9 Å². The number of anilines is 3. The van der Waals surface area contributed by atoms with Gasteiger partial charge in [-0.25, -0.2) is 9.97 Å². The molecule has 43 heavy (non-hydrogen) atoms. The zero-order valence-corrected chi connectivity index (χ0v) is 24.8. The van der Waals surface area contributed by atoms with Crippen LogP contribution in [0.1, 0.15) is 41.1 Å². The lowest BCUT2D eigenvalue weighted by atomic mass is 10.1. The molecule has 220 valence electrons. The molecule has 6 rings (SSSR count). The van der Waals surface area contributed by atoms with Gasteiger partial charge in [-0.05, 0) is 62.6 Å². The van der Waals surface area contributed by atoms with E-state index in [1.807, 2.05) is 62.4 Å². The second kappa shape index (κ2) is 12.0. The highest BCUT2D eigenvalue weighted by molar-refractivity contribution is 5.95. The number of methoxy groups -OCH3 is 3. The van der Waals surface area contributed by atoms with Crippen LogP contribution in [0.4, 0.5) is 17.5 Å². The number of benzene rings is 2. The Kier molecular flexibility index (Phi) is 7.78. The van der Waals surface area contributed by atoms with Crippen LogP contribution < -0.4 is 29.6 Å². The van der Waals surface area contributed by atoms with Crippen molar-refractivity contribution in [3.8, 4) is 28.9 Å². The van der Waals surface area contributed by atoms with Crippen LogP contribution in [-0.2, 0) is 6.54 Å². The van der Waals surface area contributed by atoms with Crippen molar-refractivity contribution in [2.75, 3.05) is 32.0 Å². The van der Waals surface area contributed by atoms with Crippen LogP contribution >= 0.6 is 0 Å². The Bertz CT molecular complexity index is 1780. The fraction of sp³-hybridized carbons (Fsp3) is 0.281. The average Bonchev–Trinajstić information content (AvgIpc) is 3.88. The number of nitrogens with zero attached hydrogens (tertiary/aromatic N) is 5. The minimum Gasteiger partial charge on any atom is -0.497 e. The number of ether oxygens (including phenoxy) is 4. The van der Waals surface area contributed by atoms with Gasteiger partial charge < -0.3 is 29.6 Å². The summed E-state index contributed by atoms with van der Waals surface area (Å²) < 4.78 is 23.1. The van der Waals surface area contributed by atoms with Crippen molar-refractivity contribution in [2.24, 2.45) is 0 Å². The first kappa shape index (κ1) is 28.0. The largest absolute Gasteiger partial charge is 0.497 e. The number of hydrogen-bond donors (Lipinski definition) is 2. The molecule has 0 aliphatic heterocycles. The predicted octanol–water partition coefficient (Wildman–Crippen LogP) is 6.48. The zero-order valence-electron chi connectivity index (χ0n) is 24.8. The predicted molar refractivity (Wildman–Crippen MR) is 164 cm³/mol. The second-order valence-electron chi connectivity index (χ2n) is 10.3. The fourth-order valence-electron chi connectivity index (χ4n) is 4.92. The van der Waals surface area contributed by atoms with Crippen molar-refractivity contribution in [3.05, 3.63) is 77.2 Å². The van der Waals surface area contributed by atoms with E-state index in [0.717, 1.165) is 22.4 Å². The normalized spacial score (nSPS) is 12.6. The molecule has 0 saturated heterocycles. The molecule has 1 fully saturated rings. The van der Waals surface area contributed by atoms with E-state index in [0.29, 0.717) is 69.7 Å². The minimum absolute atomic E-state index is 0.326. The summed E-state index contributed by atoms with van der Waals surface area (Å²) >= 11 is 0. The molecular weight excluding hydrogens is 546 g/mol. The van der Waals surface area contributed by atoms with Gasteiger partial charge in [0.15, 0.2) is 5.82 Å². The van der Waals surface area contributed by atoms with Crippen molar-refractivity contribution in [1.29, 1.82) is 0 Å². The van der Waals surface area contributed by atoms with E-state index in [4.69, 9.17) is 23.9 Å². The molecule has 0 atom stereocenters. The lowest BCUT2D eigenvalue weighted by Crippen LogP contribution is -2.07. The molecule has 1 saturated carbocycles. The molecule has 0 bridgehead atoms. The summed E-state index contributed by atoms with van der Waals surface area (Å²) in [7, 11) is 4.89. The van der Waals surface area contributed by atoms with Crippen LogP contribution in [-0.4, -0.2) is 46.5 Å². The molecule has 0 unspecified atom stereocenters. The summed E-state index contributed by atoms with van der Waals surface area (Å²) in [4.78, 5) is 14.0. The van der Waals surface area contributed by atoms with Gasteiger partial charge in [0.05, 0.1) is 32.5 Å². The average molecular weight is 580 g/mol. The topological polar surface area (TPSA) is 125 Å². The van der Waals surface area contributed by atoms with Gasteiger partial charge in [-0.2, -0.15) is 10.1 Å². The highest BCUT2D eigenvalue weighted by Gasteiger charge is 2.25. The van der Waals surface area contributed by atoms with Crippen LogP contribution in [0.25, 0.3) is 10.9 Å². The van der Waals surface area contributed by atoms with Gasteiger partial charge in [-0.15, -0.1) is 5.10 Å². The van der Waals surface area contributed by atoms with Crippen molar-refractivity contribution in [3.63, 3.8) is 0 Å². The molecule has 1 aliphatic carbocycles. The number of aromatic nitrogens is 5. The molecule has 3 heterocycles. The molecule has 2 N–H and O–H groups in total. The quantitative estimate of drug-likeness (QED) is 0.178. The summed E-state index contributed by atoms with van der Waals surface area (Å²) in [6.45, 7) is 4.36. The maximum absolute atomic E-state index is 6.57. The number of rotatable bonds is 11. The molecule has 1 aliphatic rings. The van der Waals surface area contributed by atoms with Crippen molar-refractivity contribution in [2.45, 2.75) is 39.2 Å². The summed E-state index contributed by atoms with van der Waals surface area (Å²) in [5, 5.41) is 16.1. The molecule has 0 spiro atoms. The van der Waals surface area contributed by atoms with E-state index in [9.17, 15) is 0 Å². The molecule has 11 nitrogen and oxygen atoms in total. The summed E-state index contributed by atoms with van der Waals surface area (Å²) in [5.74, 6) is 5.26. The molecule has 0 amide bonds. The van der Waals surface area contributed by atoms with E-state index in [1.54, 1.807) is 21.3 Å². The number of pyridine rings is 1. The Hall–Kier alpha value is -5.19. The number of aryl methyl sites for hydroxylation is 1. The monoisotopic (exact) mass is 579 g/mol. The summed E-state index contributed by atoms with van der Waals surface area (Å²) in [5.41, 5.74) is 4.36. The number of hydrogen-bond acceptors (Lipinski definition) is 11. The van der Waals surface area contributed by atoms with Crippen LogP contribution in [0.5, 0.6) is 28.9 Å². The number of fused-ring (bicyclic) bond motifs is 1. The van der Waals surface area contributed by atoms with Gasteiger partial charge >= 0.3 is 0 Å². The standard InChI is InChI=1S/C32H33N7O4/c1-18-6-12-25(41-4)19(2)30(18)43-32-29-24(15-28(37-32)36-27-13-11-23(38-39-27)20-7-8-20)34-17-35-31(29)33-16-21-9-10-22(40-3)14-26(21)42-5/h6,9-15,17,20H,7-8,16H2,1-5H3,(H,33,34,35)(H,36,37,39). The third kappa shape index (κ3) is 5.92. The van der Waals surface area contributed by atoms with Gasteiger partial charge in [0.25, 0.3) is 0 Å². The molecular formula is C32H33N7O4. The third-order valence-electron chi connectivity index (χ3n) is 7.44. The highest BCUT2D eigenvalue weighted by atomic mass is 16.5. The van der Waals surface area contributed by atoms with Gasteiger partial charge in [0.1, 0.15) is 46.3 Å². The van der Waals surface area contributed by atoms with E-state index < -0.39 is 0 Å². The molecule has 5 aromatic rings. The minimum atomic E-state index is 0.326. The summed E-state index contributed by atoms with van der Waals surface area (Å²) in [6, 6.07) is 15.3. The van der Waals surface area contributed by atoms with Gasteiger partial charge in [-0.3, -0.25) is 0 Å². The van der Waals surface area contributed by atoms with Gasteiger partial charge in [-0.1, -0.05) is 6.07 Å². The lowest BCUT2D eigenvalue weighted by molar-refractivity contribution is 0.391. The Balaban J connectivity index is 1.40. The van der Waals surface area contributed by atoms with E-state index in [-0.39, 0.29) is 0 Å². The number of nitrogens with one attached hydrogen (secondary N) is 2. The Labute approximate surface area is 249 Å². The SMILES string of the molecule is COc1ccc(CNc2ncnc3cc(Nc4ccc(C5CC5)nn4)nc(Oc4c(C)ccc(OC)c4C)c23)c(OC)c1. The summed E-state index contributed by atoms with van der Waals surface area (Å²) in [6.07, 6.45) is 3.84. The van der Waals surface area contributed by atoms with Crippen LogP contribution in [0, 0.1) is 13.8 Å². The van der Waals surface area contributed by atoms with Gasteiger partial charge in [0.2, 0.25) is 5.88 Å².